The number of carbonyl (C=O) groups excluding carboxylic acids is 1. The summed E-state index contributed by atoms with van der Waals surface area (Å²) in [4.78, 5) is 21.4. The number of anilines is 1. The lowest BCUT2D eigenvalue weighted by atomic mass is 10.0. The molecule has 0 spiro atoms. The minimum absolute atomic E-state index is 0.00384. The molecule has 0 aliphatic rings. The Morgan fingerprint density at radius 1 is 0.853 bits per heavy atom. The molecule has 0 fully saturated rings. The maximum atomic E-state index is 12.9. The Kier molecular flexibility index (Phi) is 5.90. The van der Waals surface area contributed by atoms with E-state index in [4.69, 9.17) is 0 Å². The van der Waals surface area contributed by atoms with E-state index in [0.29, 0.717) is 11.5 Å². The molecule has 1 N–H and O–H groups in total. The van der Waals surface area contributed by atoms with Crippen LogP contribution in [-0.2, 0) is 11.3 Å². The van der Waals surface area contributed by atoms with E-state index in [0.717, 1.165) is 33.5 Å². The van der Waals surface area contributed by atoms with Gasteiger partial charge in [0.25, 0.3) is 0 Å². The molecule has 34 heavy (non-hydrogen) atoms. The summed E-state index contributed by atoms with van der Waals surface area (Å²) in [7, 11) is 0. The lowest BCUT2D eigenvalue weighted by Crippen LogP contribution is -2.21. The highest BCUT2D eigenvalue weighted by molar-refractivity contribution is 5.90. The minimum atomic E-state index is -0.235. The van der Waals surface area contributed by atoms with E-state index in [1.54, 1.807) is 29.3 Å². The highest BCUT2D eigenvalue weighted by Gasteiger charge is 2.20. The zero-order valence-corrected chi connectivity index (χ0v) is 18.6. The number of nitrogens with one attached hydrogen (secondary N) is 1. The first-order valence-corrected chi connectivity index (χ1v) is 10.9. The summed E-state index contributed by atoms with van der Waals surface area (Å²) in [6, 6.07) is 25.5. The summed E-state index contributed by atoms with van der Waals surface area (Å²) in [5.74, 6) is 0.248. The summed E-state index contributed by atoms with van der Waals surface area (Å²) >= 11 is 0. The lowest BCUT2D eigenvalue weighted by Gasteiger charge is -2.11. The van der Waals surface area contributed by atoms with Gasteiger partial charge in [-0.1, -0.05) is 59.8 Å². The molecular formula is C27H22N6O. The molecule has 0 saturated carbocycles. The number of aryl methyl sites for hydroxylation is 1. The van der Waals surface area contributed by atoms with E-state index >= 15 is 0 Å². The fourth-order valence-corrected chi connectivity index (χ4v) is 3.82. The summed E-state index contributed by atoms with van der Waals surface area (Å²) < 4.78 is 1.63. The van der Waals surface area contributed by atoms with Gasteiger partial charge in [0.2, 0.25) is 5.91 Å². The summed E-state index contributed by atoms with van der Waals surface area (Å²) in [5.41, 5.74) is 6.47. The van der Waals surface area contributed by atoms with Crippen molar-refractivity contribution in [2.24, 2.45) is 0 Å². The van der Waals surface area contributed by atoms with Gasteiger partial charge in [-0.25, -0.2) is 9.67 Å². The second-order valence-electron chi connectivity index (χ2n) is 7.84. The minimum Gasteiger partial charge on any atom is -0.309 e. The predicted molar refractivity (Wildman–Crippen MR) is 132 cm³/mol. The third kappa shape index (κ3) is 4.45. The van der Waals surface area contributed by atoms with E-state index in [-0.39, 0.29) is 12.5 Å². The number of hydrogen-bond donors (Lipinski definition) is 1. The highest BCUT2D eigenvalue weighted by Crippen LogP contribution is 2.32. The van der Waals surface area contributed by atoms with Crippen molar-refractivity contribution in [1.29, 1.82) is 0 Å². The van der Waals surface area contributed by atoms with Crippen LogP contribution in [0.25, 0.3) is 33.6 Å². The normalized spacial score (nSPS) is 10.7. The molecule has 0 aliphatic heterocycles. The number of benzene rings is 2. The van der Waals surface area contributed by atoms with Crippen LogP contribution in [0.3, 0.4) is 0 Å². The SMILES string of the molecule is Cc1ccccc1-c1c(-c2ccncc2)nnn1CC(=O)Nc1ccc(-c2ccccc2)cn1. The number of carbonyl (C=O) groups is 1. The largest absolute Gasteiger partial charge is 0.309 e. The van der Waals surface area contributed by atoms with Crippen LogP contribution in [0, 0.1) is 6.92 Å². The number of nitrogens with zero attached hydrogens (tertiary/aromatic N) is 5. The molecule has 5 rings (SSSR count). The summed E-state index contributed by atoms with van der Waals surface area (Å²) in [5, 5.41) is 11.6. The fourth-order valence-electron chi connectivity index (χ4n) is 3.82. The Labute approximate surface area is 197 Å². The van der Waals surface area contributed by atoms with E-state index in [1.807, 2.05) is 79.7 Å². The molecule has 7 nitrogen and oxygen atoms in total. The second-order valence-corrected chi connectivity index (χ2v) is 7.84. The molecule has 0 aliphatic carbocycles. The van der Waals surface area contributed by atoms with Gasteiger partial charge < -0.3 is 5.32 Å². The van der Waals surface area contributed by atoms with Crippen LogP contribution >= 0.6 is 0 Å². The van der Waals surface area contributed by atoms with Gasteiger partial charge in [0.05, 0.1) is 5.69 Å². The second kappa shape index (κ2) is 9.46. The highest BCUT2D eigenvalue weighted by atomic mass is 16.2. The van der Waals surface area contributed by atoms with Gasteiger partial charge in [-0.3, -0.25) is 9.78 Å². The van der Waals surface area contributed by atoms with E-state index in [2.05, 4.69) is 25.6 Å². The zero-order valence-electron chi connectivity index (χ0n) is 18.6. The summed E-state index contributed by atoms with van der Waals surface area (Å²) in [6.45, 7) is 2.03. The smallest absolute Gasteiger partial charge is 0.247 e. The van der Waals surface area contributed by atoms with E-state index < -0.39 is 0 Å². The van der Waals surface area contributed by atoms with Gasteiger partial charge >= 0.3 is 0 Å². The van der Waals surface area contributed by atoms with Crippen LogP contribution < -0.4 is 5.32 Å². The van der Waals surface area contributed by atoms with Crippen molar-refractivity contribution in [2.45, 2.75) is 13.5 Å². The molecule has 0 atom stereocenters. The lowest BCUT2D eigenvalue weighted by molar-refractivity contribution is -0.116. The zero-order chi connectivity index (χ0) is 23.3. The van der Waals surface area contributed by atoms with Crippen LogP contribution in [0.15, 0.2) is 97.5 Å². The van der Waals surface area contributed by atoms with Crippen molar-refractivity contribution < 1.29 is 4.79 Å². The monoisotopic (exact) mass is 446 g/mol. The Balaban J connectivity index is 1.40. The van der Waals surface area contributed by atoms with Gasteiger partial charge in [0.1, 0.15) is 18.1 Å². The van der Waals surface area contributed by atoms with Crippen LogP contribution in [0.2, 0.25) is 0 Å². The van der Waals surface area contributed by atoms with Crippen molar-refractivity contribution in [1.82, 2.24) is 25.0 Å². The standard InChI is InChI=1S/C27H22N6O/c1-19-7-5-6-10-23(19)27-26(21-13-15-28-16-14-21)31-32-33(27)18-25(34)30-24-12-11-22(17-29-24)20-8-3-2-4-9-20/h2-17H,18H2,1H3,(H,29,30,34). The first-order chi connectivity index (χ1) is 16.7. The molecule has 0 radical (unpaired) electrons. The maximum Gasteiger partial charge on any atom is 0.247 e. The molecule has 0 bridgehead atoms. The predicted octanol–water partition coefficient (Wildman–Crippen LogP) is 5.02. The Bertz CT molecular complexity index is 1410. The van der Waals surface area contributed by atoms with Crippen LogP contribution in [0.1, 0.15) is 5.56 Å². The molecular weight excluding hydrogens is 424 g/mol. The fraction of sp³-hybridized carbons (Fsp3) is 0.0741. The van der Waals surface area contributed by atoms with Gasteiger partial charge in [-0.15, -0.1) is 5.10 Å². The van der Waals surface area contributed by atoms with Gasteiger partial charge in [-0.2, -0.15) is 0 Å². The Hall–Kier alpha value is -4.65. The van der Waals surface area contributed by atoms with E-state index in [9.17, 15) is 4.79 Å². The molecule has 0 unspecified atom stereocenters. The van der Waals surface area contributed by atoms with E-state index in [1.165, 1.54) is 0 Å². The number of amides is 1. The molecule has 1 amide bonds. The molecule has 2 aromatic carbocycles. The van der Waals surface area contributed by atoms with Crippen LogP contribution in [0.5, 0.6) is 0 Å². The van der Waals surface area contributed by atoms with Crippen LogP contribution in [-0.4, -0.2) is 30.9 Å². The average Bonchev–Trinajstić information content (AvgIpc) is 3.29. The third-order valence-corrected chi connectivity index (χ3v) is 5.52. The van der Waals surface area contributed by atoms with Gasteiger partial charge in [0.15, 0.2) is 0 Å². The van der Waals surface area contributed by atoms with Crippen molar-refractivity contribution in [3.63, 3.8) is 0 Å². The summed E-state index contributed by atoms with van der Waals surface area (Å²) in [6.07, 6.45) is 5.18. The Morgan fingerprint density at radius 3 is 2.35 bits per heavy atom. The van der Waals surface area contributed by atoms with Crippen molar-refractivity contribution in [3.05, 3.63) is 103 Å². The first-order valence-electron chi connectivity index (χ1n) is 10.9. The Morgan fingerprint density at radius 2 is 1.62 bits per heavy atom. The number of pyridine rings is 2. The molecule has 166 valence electrons. The number of aromatic nitrogens is 5. The quantitative estimate of drug-likeness (QED) is 0.396. The molecule has 7 heteroatoms. The number of rotatable bonds is 6. The number of hydrogen-bond acceptors (Lipinski definition) is 5. The molecule has 3 heterocycles. The van der Waals surface area contributed by atoms with Crippen molar-refractivity contribution >= 4 is 11.7 Å². The first kappa shape index (κ1) is 21.2. The van der Waals surface area contributed by atoms with Gasteiger partial charge in [0, 0.05) is 35.3 Å². The van der Waals surface area contributed by atoms with Gasteiger partial charge in [-0.05, 0) is 42.3 Å². The van der Waals surface area contributed by atoms with Crippen LogP contribution in [0.4, 0.5) is 5.82 Å². The topological polar surface area (TPSA) is 85.6 Å². The average molecular weight is 447 g/mol. The third-order valence-electron chi connectivity index (χ3n) is 5.52. The molecule has 0 saturated heterocycles. The maximum absolute atomic E-state index is 12.9. The molecule has 5 aromatic rings. The molecule has 3 aromatic heterocycles. The van der Waals surface area contributed by atoms with Crippen molar-refractivity contribution in [2.75, 3.05) is 5.32 Å². The van der Waals surface area contributed by atoms with Crippen molar-refractivity contribution in [3.8, 4) is 33.6 Å².